The van der Waals surface area contributed by atoms with Gasteiger partial charge in [0.05, 0.1) is 0 Å². The number of rotatable bonds is 7. The Bertz CT molecular complexity index is 427. The van der Waals surface area contributed by atoms with Gasteiger partial charge < -0.3 is 10.6 Å². The molecule has 1 aliphatic heterocycles. The van der Waals surface area contributed by atoms with Gasteiger partial charge in [0.2, 0.25) is 5.91 Å². The van der Waals surface area contributed by atoms with Gasteiger partial charge >= 0.3 is 0 Å². The molecule has 2 N–H and O–H groups in total. The third-order valence-electron chi connectivity index (χ3n) is 4.38. The molecule has 21 heavy (non-hydrogen) atoms. The van der Waals surface area contributed by atoms with Gasteiger partial charge in [-0.3, -0.25) is 9.78 Å². The quantitative estimate of drug-likeness (QED) is 0.810. The number of nitrogens with one attached hydrogen (secondary N) is 2. The second-order valence-electron chi connectivity index (χ2n) is 6.34. The molecular formula is C17H27N3O. The topological polar surface area (TPSA) is 54.0 Å². The fourth-order valence-corrected chi connectivity index (χ4v) is 2.94. The van der Waals surface area contributed by atoms with E-state index in [2.05, 4.69) is 35.5 Å². The van der Waals surface area contributed by atoms with Crippen LogP contribution in [-0.2, 0) is 4.79 Å². The summed E-state index contributed by atoms with van der Waals surface area (Å²) in [5, 5.41) is 6.44. The number of hydrogen-bond donors (Lipinski definition) is 2. The molecule has 0 radical (unpaired) electrons. The zero-order valence-corrected chi connectivity index (χ0v) is 13.1. The lowest BCUT2D eigenvalue weighted by Gasteiger charge is -2.21. The fourth-order valence-electron chi connectivity index (χ4n) is 2.94. The van der Waals surface area contributed by atoms with E-state index < -0.39 is 0 Å². The Morgan fingerprint density at radius 3 is 3.00 bits per heavy atom. The largest absolute Gasteiger partial charge is 0.355 e. The van der Waals surface area contributed by atoms with Crippen LogP contribution in [-0.4, -0.2) is 30.5 Å². The fraction of sp³-hybridized carbons (Fsp3) is 0.647. The first-order chi connectivity index (χ1) is 10.2. The summed E-state index contributed by atoms with van der Waals surface area (Å²) >= 11 is 0. The Labute approximate surface area is 127 Å². The molecule has 0 aromatic carbocycles. The van der Waals surface area contributed by atoms with E-state index in [9.17, 15) is 4.79 Å². The number of aromatic nitrogens is 1. The summed E-state index contributed by atoms with van der Waals surface area (Å²) in [5.74, 6) is 1.66. The molecule has 1 amide bonds. The molecule has 2 heterocycles. The first-order valence-corrected chi connectivity index (χ1v) is 8.04. The highest BCUT2D eigenvalue weighted by Gasteiger charge is 2.18. The number of pyridine rings is 1. The Kier molecular flexibility index (Phi) is 6.18. The van der Waals surface area contributed by atoms with Crippen LogP contribution in [0.25, 0.3) is 0 Å². The molecule has 0 aliphatic carbocycles. The van der Waals surface area contributed by atoms with Gasteiger partial charge in [0.25, 0.3) is 0 Å². The minimum atomic E-state index is 0.177. The van der Waals surface area contributed by atoms with Crippen LogP contribution in [0.4, 0.5) is 0 Å². The summed E-state index contributed by atoms with van der Waals surface area (Å²) in [5.41, 5.74) is 1.20. The van der Waals surface area contributed by atoms with Crippen LogP contribution < -0.4 is 10.6 Å². The molecule has 1 saturated heterocycles. The zero-order chi connectivity index (χ0) is 15.1. The monoisotopic (exact) mass is 289 g/mol. The van der Waals surface area contributed by atoms with Crippen LogP contribution in [0.3, 0.4) is 0 Å². The Morgan fingerprint density at radius 2 is 2.38 bits per heavy atom. The van der Waals surface area contributed by atoms with Crippen LogP contribution >= 0.6 is 0 Å². The Hall–Kier alpha value is -1.42. The van der Waals surface area contributed by atoms with Crippen molar-refractivity contribution in [2.45, 2.75) is 39.0 Å². The van der Waals surface area contributed by atoms with Crippen molar-refractivity contribution < 1.29 is 4.79 Å². The lowest BCUT2D eigenvalue weighted by molar-refractivity contribution is -0.121. The van der Waals surface area contributed by atoms with E-state index in [1.807, 2.05) is 12.3 Å². The maximum Gasteiger partial charge on any atom is 0.220 e. The van der Waals surface area contributed by atoms with Gasteiger partial charge in [-0.15, -0.1) is 0 Å². The van der Waals surface area contributed by atoms with E-state index in [0.29, 0.717) is 30.7 Å². The molecule has 4 nitrogen and oxygen atoms in total. The molecule has 1 aromatic heterocycles. The average Bonchev–Trinajstić information content (AvgIpc) is 2.99. The number of amides is 1. The van der Waals surface area contributed by atoms with Crippen LogP contribution in [0.5, 0.6) is 0 Å². The minimum Gasteiger partial charge on any atom is -0.355 e. The molecule has 116 valence electrons. The first-order valence-electron chi connectivity index (χ1n) is 8.04. The molecule has 0 spiro atoms. The van der Waals surface area contributed by atoms with E-state index in [1.54, 1.807) is 6.20 Å². The van der Waals surface area contributed by atoms with Gasteiger partial charge in [0.15, 0.2) is 0 Å². The lowest BCUT2D eigenvalue weighted by atomic mass is 9.89. The summed E-state index contributed by atoms with van der Waals surface area (Å²) in [6, 6.07) is 4.05. The third kappa shape index (κ3) is 5.12. The van der Waals surface area contributed by atoms with Crippen LogP contribution in [0.2, 0.25) is 0 Å². The molecule has 0 saturated carbocycles. The van der Waals surface area contributed by atoms with Gasteiger partial charge in [0, 0.05) is 31.3 Å². The van der Waals surface area contributed by atoms with Crippen molar-refractivity contribution in [3.05, 3.63) is 30.1 Å². The van der Waals surface area contributed by atoms with Gasteiger partial charge in [-0.05, 0) is 49.4 Å². The molecule has 0 bridgehead atoms. The normalized spacial score (nSPS) is 19.7. The summed E-state index contributed by atoms with van der Waals surface area (Å²) in [6.45, 7) is 7.24. The standard InChI is InChI=1S/C17H27N3O/c1-13(2)16(15-4-3-8-18-11-15)12-20-17(21)6-5-14-7-9-19-10-14/h3-4,8,11,13-14,16,19H,5-7,9-10,12H2,1-2H3,(H,20,21). The van der Waals surface area contributed by atoms with E-state index in [1.165, 1.54) is 12.0 Å². The van der Waals surface area contributed by atoms with E-state index >= 15 is 0 Å². The second kappa shape index (κ2) is 8.13. The molecular weight excluding hydrogens is 262 g/mol. The Morgan fingerprint density at radius 1 is 1.52 bits per heavy atom. The molecule has 2 rings (SSSR count). The van der Waals surface area contributed by atoms with Gasteiger partial charge in [-0.2, -0.15) is 0 Å². The van der Waals surface area contributed by atoms with Crippen molar-refractivity contribution in [2.75, 3.05) is 19.6 Å². The number of carbonyl (C=O) groups is 1. The molecule has 1 fully saturated rings. The summed E-state index contributed by atoms with van der Waals surface area (Å²) in [4.78, 5) is 16.2. The van der Waals surface area contributed by atoms with Crippen molar-refractivity contribution in [2.24, 2.45) is 11.8 Å². The van der Waals surface area contributed by atoms with Crippen molar-refractivity contribution in [1.29, 1.82) is 0 Å². The summed E-state index contributed by atoms with van der Waals surface area (Å²) in [7, 11) is 0. The van der Waals surface area contributed by atoms with Crippen LogP contribution in [0.15, 0.2) is 24.5 Å². The smallest absolute Gasteiger partial charge is 0.220 e. The van der Waals surface area contributed by atoms with Crippen molar-refractivity contribution in [3.8, 4) is 0 Å². The van der Waals surface area contributed by atoms with Gasteiger partial charge in [-0.1, -0.05) is 19.9 Å². The van der Waals surface area contributed by atoms with Crippen molar-refractivity contribution in [1.82, 2.24) is 15.6 Å². The predicted molar refractivity (Wildman–Crippen MR) is 85.0 cm³/mol. The summed E-state index contributed by atoms with van der Waals surface area (Å²) in [6.07, 6.45) is 6.54. The predicted octanol–water partition coefficient (Wildman–Crippen LogP) is 2.33. The Balaban J connectivity index is 1.77. The second-order valence-corrected chi connectivity index (χ2v) is 6.34. The van der Waals surface area contributed by atoms with Crippen LogP contribution in [0, 0.1) is 11.8 Å². The molecule has 2 unspecified atom stereocenters. The maximum absolute atomic E-state index is 12.0. The number of carbonyl (C=O) groups excluding carboxylic acids is 1. The SMILES string of the molecule is CC(C)C(CNC(=O)CCC1CCNC1)c1cccnc1. The molecule has 1 aliphatic rings. The first kappa shape index (κ1) is 16.0. The molecule has 4 heteroatoms. The molecule has 2 atom stereocenters. The third-order valence-corrected chi connectivity index (χ3v) is 4.38. The van der Waals surface area contributed by atoms with Crippen molar-refractivity contribution >= 4 is 5.91 Å². The van der Waals surface area contributed by atoms with Gasteiger partial charge in [0.1, 0.15) is 0 Å². The lowest BCUT2D eigenvalue weighted by Crippen LogP contribution is -2.30. The maximum atomic E-state index is 12.0. The highest BCUT2D eigenvalue weighted by molar-refractivity contribution is 5.75. The van der Waals surface area contributed by atoms with E-state index in [4.69, 9.17) is 0 Å². The minimum absolute atomic E-state index is 0.177. The average molecular weight is 289 g/mol. The number of nitrogens with zero attached hydrogens (tertiary/aromatic N) is 1. The highest BCUT2D eigenvalue weighted by atomic mass is 16.1. The summed E-state index contributed by atoms with van der Waals surface area (Å²) < 4.78 is 0. The van der Waals surface area contributed by atoms with E-state index in [0.717, 1.165) is 19.5 Å². The highest BCUT2D eigenvalue weighted by Crippen LogP contribution is 2.22. The number of hydrogen-bond acceptors (Lipinski definition) is 3. The van der Waals surface area contributed by atoms with Crippen LogP contribution in [0.1, 0.15) is 44.6 Å². The van der Waals surface area contributed by atoms with E-state index in [-0.39, 0.29) is 5.91 Å². The van der Waals surface area contributed by atoms with Crippen molar-refractivity contribution in [3.63, 3.8) is 0 Å². The zero-order valence-electron chi connectivity index (χ0n) is 13.1. The molecule has 1 aromatic rings. The van der Waals surface area contributed by atoms with Gasteiger partial charge in [-0.25, -0.2) is 0 Å².